The molecule has 0 spiro atoms. The van der Waals surface area contributed by atoms with Gasteiger partial charge in [-0.15, -0.1) is 0 Å². The third-order valence-electron chi connectivity index (χ3n) is 3.92. The summed E-state index contributed by atoms with van der Waals surface area (Å²) in [6, 6.07) is 7.35. The highest BCUT2D eigenvalue weighted by atomic mass is 16.5. The average Bonchev–Trinajstić information content (AvgIpc) is 2.60. The van der Waals surface area contributed by atoms with E-state index in [1.165, 1.54) is 25.7 Å². The summed E-state index contributed by atoms with van der Waals surface area (Å²) >= 11 is 0. The number of esters is 1. The van der Waals surface area contributed by atoms with E-state index < -0.39 is 0 Å². The number of nitrogens with zero attached hydrogens (tertiary/aromatic N) is 1. The van der Waals surface area contributed by atoms with Gasteiger partial charge in [-0.25, -0.2) is 4.79 Å². The predicted molar refractivity (Wildman–Crippen MR) is 97.1 cm³/mol. The number of carbonyl (C=O) groups excluding carboxylic acids is 1. The van der Waals surface area contributed by atoms with Gasteiger partial charge in [-0.3, -0.25) is 0 Å². The number of hydrogen-bond acceptors (Lipinski definition) is 4. The van der Waals surface area contributed by atoms with Crippen molar-refractivity contribution in [1.82, 2.24) is 4.90 Å². The molecule has 23 heavy (non-hydrogen) atoms. The molecule has 0 aliphatic heterocycles. The van der Waals surface area contributed by atoms with E-state index in [9.17, 15) is 4.79 Å². The highest BCUT2D eigenvalue weighted by Crippen LogP contribution is 2.10. The summed E-state index contributed by atoms with van der Waals surface area (Å²) < 4.78 is 5.37. The van der Waals surface area contributed by atoms with Gasteiger partial charge >= 0.3 is 5.97 Å². The predicted octanol–water partition coefficient (Wildman–Crippen LogP) is 4.18. The minimum atomic E-state index is -0.235. The SMILES string of the molecule is CCCCN(CCCC)CCCOC(=O)c1ccc(NC)cc1. The number of carbonyl (C=O) groups is 1. The van der Waals surface area contributed by atoms with E-state index in [0.29, 0.717) is 12.2 Å². The van der Waals surface area contributed by atoms with Crippen LogP contribution in [0, 0.1) is 0 Å². The Morgan fingerprint density at radius 3 is 2.09 bits per heavy atom. The molecule has 4 nitrogen and oxygen atoms in total. The van der Waals surface area contributed by atoms with Crippen LogP contribution in [0.25, 0.3) is 0 Å². The smallest absolute Gasteiger partial charge is 0.338 e. The highest BCUT2D eigenvalue weighted by molar-refractivity contribution is 5.89. The first-order chi connectivity index (χ1) is 11.2. The molecule has 0 aromatic heterocycles. The summed E-state index contributed by atoms with van der Waals surface area (Å²) in [5, 5.41) is 3.03. The van der Waals surface area contributed by atoms with E-state index in [0.717, 1.165) is 31.7 Å². The second kappa shape index (κ2) is 11.9. The number of anilines is 1. The van der Waals surface area contributed by atoms with Crippen LogP contribution >= 0.6 is 0 Å². The van der Waals surface area contributed by atoms with Crippen molar-refractivity contribution in [1.29, 1.82) is 0 Å². The molecule has 1 aromatic carbocycles. The Balaban J connectivity index is 2.28. The lowest BCUT2D eigenvalue weighted by Gasteiger charge is -2.21. The molecule has 0 unspecified atom stereocenters. The largest absolute Gasteiger partial charge is 0.462 e. The minimum absolute atomic E-state index is 0.235. The Morgan fingerprint density at radius 1 is 1.00 bits per heavy atom. The van der Waals surface area contributed by atoms with Crippen LogP contribution in [0.1, 0.15) is 56.3 Å². The maximum atomic E-state index is 12.0. The Labute approximate surface area is 141 Å². The van der Waals surface area contributed by atoms with Gasteiger partial charge in [0.1, 0.15) is 0 Å². The maximum absolute atomic E-state index is 12.0. The third-order valence-corrected chi connectivity index (χ3v) is 3.92. The van der Waals surface area contributed by atoms with Gasteiger partial charge in [-0.1, -0.05) is 26.7 Å². The van der Waals surface area contributed by atoms with Gasteiger partial charge in [-0.05, 0) is 56.6 Å². The molecule has 0 aliphatic carbocycles. The summed E-state index contributed by atoms with van der Waals surface area (Å²) in [6.07, 6.45) is 5.82. The first-order valence-corrected chi connectivity index (χ1v) is 8.88. The third kappa shape index (κ3) is 8.03. The Morgan fingerprint density at radius 2 is 1.57 bits per heavy atom. The second-order valence-corrected chi connectivity index (χ2v) is 5.87. The van der Waals surface area contributed by atoms with Gasteiger partial charge in [0.15, 0.2) is 0 Å². The van der Waals surface area contributed by atoms with E-state index in [1.807, 2.05) is 19.2 Å². The summed E-state index contributed by atoms with van der Waals surface area (Å²) in [5.41, 5.74) is 1.60. The van der Waals surface area contributed by atoms with Gasteiger partial charge < -0.3 is 15.0 Å². The van der Waals surface area contributed by atoms with Crippen molar-refractivity contribution in [3.63, 3.8) is 0 Å². The van der Waals surface area contributed by atoms with E-state index >= 15 is 0 Å². The van der Waals surface area contributed by atoms with Gasteiger partial charge in [0, 0.05) is 19.3 Å². The van der Waals surface area contributed by atoms with Crippen molar-refractivity contribution in [2.45, 2.75) is 46.0 Å². The quantitative estimate of drug-likeness (QED) is 0.463. The molecule has 1 rings (SSSR count). The normalized spacial score (nSPS) is 10.8. The first-order valence-electron chi connectivity index (χ1n) is 8.88. The molecule has 0 saturated carbocycles. The van der Waals surface area contributed by atoms with Gasteiger partial charge in [0.25, 0.3) is 0 Å². The van der Waals surface area contributed by atoms with E-state index in [-0.39, 0.29) is 5.97 Å². The van der Waals surface area contributed by atoms with Gasteiger partial charge in [-0.2, -0.15) is 0 Å². The molecule has 0 heterocycles. The molecule has 0 saturated heterocycles. The molecule has 1 N–H and O–H groups in total. The molecular weight excluding hydrogens is 288 g/mol. The molecule has 130 valence electrons. The maximum Gasteiger partial charge on any atom is 0.338 e. The zero-order valence-electron chi connectivity index (χ0n) is 14.9. The average molecular weight is 320 g/mol. The van der Waals surface area contributed by atoms with Crippen LogP contribution in [0.15, 0.2) is 24.3 Å². The molecule has 1 aromatic rings. The van der Waals surface area contributed by atoms with Crippen molar-refractivity contribution in [3.05, 3.63) is 29.8 Å². The highest BCUT2D eigenvalue weighted by Gasteiger charge is 2.08. The van der Waals surface area contributed by atoms with Crippen LogP contribution < -0.4 is 5.32 Å². The second-order valence-electron chi connectivity index (χ2n) is 5.87. The van der Waals surface area contributed by atoms with E-state index in [1.54, 1.807) is 12.1 Å². The van der Waals surface area contributed by atoms with Crippen LogP contribution in [0.4, 0.5) is 5.69 Å². The summed E-state index contributed by atoms with van der Waals surface area (Å²) in [6.45, 7) is 8.23. The lowest BCUT2D eigenvalue weighted by atomic mass is 10.2. The molecule has 0 radical (unpaired) electrons. The standard InChI is InChI=1S/C19H32N2O2/c1-4-6-13-21(14-7-5-2)15-8-16-23-19(22)17-9-11-18(20-3)12-10-17/h9-12,20H,4-8,13-16H2,1-3H3. The monoisotopic (exact) mass is 320 g/mol. The molecule has 0 bridgehead atoms. The topological polar surface area (TPSA) is 41.6 Å². The Hall–Kier alpha value is -1.55. The molecular formula is C19H32N2O2. The lowest BCUT2D eigenvalue weighted by molar-refractivity contribution is 0.0487. The van der Waals surface area contributed by atoms with Crippen LogP contribution in [-0.4, -0.2) is 44.2 Å². The van der Waals surface area contributed by atoms with Crippen LogP contribution in [0.2, 0.25) is 0 Å². The summed E-state index contributed by atoms with van der Waals surface area (Å²) in [4.78, 5) is 14.5. The van der Waals surface area contributed by atoms with Crippen LogP contribution in [0.5, 0.6) is 0 Å². The fourth-order valence-electron chi connectivity index (χ4n) is 2.41. The molecule has 0 aliphatic rings. The summed E-state index contributed by atoms with van der Waals surface area (Å²) in [5.74, 6) is -0.235. The van der Waals surface area contributed by atoms with Crippen LogP contribution in [0.3, 0.4) is 0 Å². The van der Waals surface area contributed by atoms with Crippen molar-refractivity contribution in [2.75, 3.05) is 38.6 Å². The van der Waals surface area contributed by atoms with E-state index in [4.69, 9.17) is 4.74 Å². The fourth-order valence-corrected chi connectivity index (χ4v) is 2.41. The van der Waals surface area contributed by atoms with Gasteiger partial charge in [0.05, 0.1) is 12.2 Å². The van der Waals surface area contributed by atoms with Crippen molar-refractivity contribution in [2.24, 2.45) is 0 Å². The number of benzene rings is 1. The van der Waals surface area contributed by atoms with E-state index in [2.05, 4.69) is 24.1 Å². The molecule has 0 amide bonds. The first kappa shape index (κ1) is 19.5. The Kier molecular flexibility index (Phi) is 10.1. The van der Waals surface area contributed by atoms with Crippen LogP contribution in [-0.2, 0) is 4.74 Å². The summed E-state index contributed by atoms with van der Waals surface area (Å²) in [7, 11) is 1.86. The number of rotatable bonds is 12. The zero-order valence-corrected chi connectivity index (χ0v) is 14.9. The van der Waals surface area contributed by atoms with Crippen molar-refractivity contribution in [3.8, 4) is 0 Å². The molecule has 4 heteroatoms. The fraction of sp³-hybridized carbons (Fsp3) is 0.632. The lowest BCUT2D eigenvalue weighted by Crippen LogP contribution is -2.28. The van der Waals surface area contributed by atoms with Crippen molar-refractivity contribution < 1.29 is 9.53 Å². The molecule has 0 fully saturated rings. The zero-order chi connectivity index (χ0) is 16.9. The van der Waals surface area contributed by atoms with Crippen molar-refractivity contribution >= 4 is 11.7 Å². The minimum Gasteiger partial charge on any atom is -0.462 e. The Bertz CT molecular complexity index is 424. The number of nitrogens with one attached hydrogen (secondary N) is 1. The molecule has 0 atom stereocenters. The number of ether oxygens (including phenoxy) is 1. The number of hydrogen-bond donors (Lipinski definition) is 1. The van der Waals surface area contributed by atoms with Gasteiger partial charge in [0.2, 0.25) is 0 Å². The number of unbranched alkanes of at least 4 members (excludes halogenated alkanes) is 2.